The van der Waals surface area contributed by atoms with Crippen molar-refractivity contribution in [2.45, 2.75) is 40.0 Å². The van der Waals surface area contributed by atoms with Crippen LogP contribution in [0, 0.1) is 0 Å². The second-order valence-electron chi connectivity index (χ2n) is 7.41. The summed E-state index contributed by atoms with van der Waals surface area (Å²) in [6.07, 6.45) is 0. The summed E-state index contributed by atoms with van der Waals surface area (Å²) in [6, 6.07) is 14.9. The van der Waals surface area contributed by atoms with E-state index < -0.39 is 0 Å². The fraction of sp³-hybridized carbons (Fsp3) is 0.364. The summed E-state index contributed by atoms with van der Waals surface area (Å²) in [6.45, 7) is 10.3. The Labute approximate surface area is 161 Å². The Bertz CT molecular complexity index is 775. The van der Waals surface area contributed by atoms with Crippen LogP contribution >= 0.6 is 0 Å². The van der Waals surface area contributed by atoms with E-state index in [0.29, 0.717) is 18.0 Å². The fourth-order valence-corrected chi connectivity index (χ4v) is 2.67. The highest BCUT2D eigenvalue weighted by Crippen LogP contribution is 2.25. The van der Waals surface area contributed by atoms with Crippen molar-refractivity contribution in [2.24, 2.45) is 0 Å². The van der Waals surface area contributed by atoms with E-state index in [2.05, 4.69) is 26.1 Å². The van der Waals surface area contributed by atoms with E-state index in [-0.39, 0.29) is 23.8 Å². The summed E-state index contributed by atoms with van der Waals surface area (Å²) in [7, 11) is 0. The number of anilines is 2. The average Bonchev–Trinajstić information content (AvgIpc) is 2.61. The molecule has 2 aromatic carbocycles. The van der Waals surface area contributed by atoms with Gasteiger partial charge in [0.2, 0.25) is 11.8 Å². The van der Waals surface area contributed by atoms with Gasteiger partial charge in [0.25, 0.3) is 0 Å². The van der Waals surface area contributed by atoms with Gasteiger partial charge in [0.05, 0.1) is 6.61 Å². The SMILES string of the molecule is CCOc1ccc(NC(=O)CN(C(C)=O)c2ccc(C(C)(C)C)cc2)cc1. The van der Waals surface area contributed by atoms with Crippen LogP contribution < -0.4 is 15.0 Å². The van der Waals surface area contributed by atoms with Gasteiger partial charge >= 0.3 is 0 Å². The van der Waals surface area contributed by atoms with Crippen molar-refractivity contribution in [3.63, 3.8) is 0 Å². The minimum Gasteiger partial charge on any atom is -0.494 e. The highest BCUT2D eigenvalue weighted by molar-refractivity contribution is 6.01. The smallest absolute Gasteiger partial charge is 0.244 e. The first kappa shape index (κ1) is 20.5. The minimum absolute atomic E-state index is 0.0324. The lowest BCUT2D eigenvalue weighted by Gasteiger charge is -2.23. The lowest BCUT2D eigenvalue weighted by atomic mass is 9.87. The van der Waals surface area contributed by atoms with Gasteiger partial charge in [0.15, 0.2) is 0 Å². The molecule has 1 N–H and O–H groups in total. The zero-order valence-corrected chi connectivity index (χ0v) is 16.7. The molecule has 0 unspecified atom stereocenters. The lowest BCUT2D eigenvalue weighted by molar-refractivity contribution is -0.120. The Hall–Kier alpha value is -2.82. The molecule has 0 aliphatic heterocycles. The summed E-state index contributed by atoms with van der Waals surface area (Å²) >= 11 is 0. The van der Waals surface area contributed by atoms with Gasteiger partial charge in [-0.15, -0.1) is 0 Å². The average molecular weight is 368 g/mol. The predicted molar refractivity (Wildman–Crippen MR) is 109 cm³/mol. The van der Waals surface area contributed by atoms with Crippen LogP contribution in [0.2, 0.25) is 0 Å². The summed E-state index contributed by atoms with van der Waals surface area (Å²) < 4.78 is 5.39. The minimum atomic E-state index is -0.255. The molecule has 2 amide bonds. The maximum Gasteiger partial charge on any atom is 0.244 e. The Balaban J connectivity index is 2.06. The number of ether oxygens (including phenoxy) is 1. The van der Waals surface area contributed by atoms with Crippen molar-refractivity contribution >= 4 is 23.2 Å². The Morgan fingerprint density at radius 3 is 2.07 bits per heavy atom. The molecule has 27 heavy (non-hydrogen) atoms. The number of nitrogens with one attached hydrogen (secondary N) is 1. The molecule has 0 fully saturated rings. The van der Waals surface area contributed by atoms with E-state index in [1.165, 1.54) is 17.4 Å². The molecule has 0 saturated heterocycles. The van der Waals surface area contributed by atoms with Gasteiger partial charge in [-0.05, 0) is 54.3 Å². The number of rotatable bonds is 6. The quantitative estimate of drug-likeness (QED) is 0.823. The van der Waals surface area contributed by atoms with Gasteiger partial charge in [-0.3, -0.25) is 9.59 Å². The third-order valence-electron chi connectivity index (χ3n) is 4.18. The van der Waals surface area contributed by atoms with Gasteiger partial charge in [-0.2, -0.15) is 0 Å². The molecular formula is C22H28N2O3. The Morgan fingerprint density at radius 1 is 1.00 bits per heavy atom. The van der Waals surface area contributed by atoms with Crippen LogP contribution in [-0.2, 0) is 15.0 Å². The first-order valence-corrected chi connectivity index (χ1v) is 9.12. The lowest BCUT2D eigenvalue weighted by Crippen LogP contribution is -2.36. The zero-order valence-electron chi connectivity index (χ0n) is 16.7. The van der Waals surface area contributed by atoms with Crippen molar-refractivity contribution in [1.82, 2.24) is 0 Å². The van der Waals surface area contributed by atoms with E-state index in [4.69, 9.17) is 4.74 Å². The summed E-state index contributed by atoms with van der Waals surface area (Å²) in [4.78, 5) is 25.9. The predicted octanol–water partition coefficient (Wildman–Crippen LogP) is 4.37. The first-order chi connectivity index (χ1) is 12.7. The van der Waals surface area contributed by atoms with Crippen LogP contribution in [0.15, 0.2) is 48.5 Å². The van der Waals surface area contributed by atoms with E-state index in [0.717, 1.165) is 5.75 Å². The first-order valence-electron chi connectivity index (χ1n) is 9.12. The van der Waals surface area contributed by atoms with Crippen molar-refractivity contribution in [1.29, 1.82) is 0 Å². The molecule has 0 radical (unpaired) electrons. The third-order valence-corrected chi connectivity index (χ3v) is 4.18. The van der Waals surface area contributed by atoms with Gasteiger partial charge in [0.1, 0.15) is 12.3 Å². The van der Waals surface area contributed by atoms with E-state index in [9.17, 15) is 9.59 Å². The second kappa shape index (κ2) is 8.71. The molecular weight excluding hydrogens is 340 g/mol. The number of benzene rings is 2. The van der Waals surface area contributed by atoms with Crippen LogP contribution in [-0.4, -0.2) is 25.0 Å². The molecule has 0 aliphatic rings. The molecule has 2 rings (SSSR count). The molecule has 0 aliphatic carbocycles. The van der Waals surface area contributed by atoms with Crippen LogP contribution in [0.1, 0.15) is 40.2 Å². The van der Waals surface area contributed by atoms with Crippen molar-refractivity contribution in [3.8, 4) is 5.75 Å². The van der Waals surface area contributed by atoms with Crippen LogP contribution in [0.4, 0.5) is 11.4 Å². The van der Waals surface area contributed by atoms with Gasteiger partial charge in [-0.1, -0.05) is 32.9 Å². The third kappa shape index (κ3) is 5.84. The van der Waals surface area contributed by atoms with E-state index in [1.54, 1.807) is 24.3 Å². The molecule has 0 atom stereocenters. The number of hydrogen-bond acceptors (Lipinski definition) is 3. The largest absolute Gasteiger partial charge is 0.494 e. The van der Waals surface area contributed by atoms with Crippen molar-refractivity contribution in [3.05, 3.63) is 54.1 Å². The maximum atomic E-state index is 12.4. The summed E-state index contributed by atoms with van der Waals surface area (Å²) in [5.41, 5.74) is 2.57. The fourth-order valence-electron chi connectivity index (χ4n) is 2.67. The van der Waals surface area contributed by atoms with Crippen LogP contribution in [0.5, 0.6) is 5.75 Å². The highest BCUT2D eigenvalue weighted by Gasteiger charge is 2.18. The van der Waals surface area contributed by atoms with E-state index >= 15 is 0 Å². The standard InChI is InChI=1S/C22H28N2O3/c1-6-27-20-13-9-18(10-14-20)23-21(26)15-24(16(2)25)19-11-7-17(8-12-19)22(3,4)5/h7-14H,6,15H2,1-5H3,(H,23,26). The molecule has 0 bridgehead atoms. The van der Waals surface area contributed by atoms with Gasteiger partial charge in [-0.25, -0.2) is 0 Å². The second-order valence-corrected chi connectivity index (χ2v) is 7.41. The zero-order chi connectivity index (χ0) is 20.0. The molecule has 0 saturated carbocycles. The normalized spacial score (nSPS) is 11.0. The van der Waals surface area contributed by atoms with Gasteiger partial charge in [0, 0.05) is 18.3 Å². The topological polar surface area (TPSA) is 58.6 Å². The monoisotopic (exact) mass is 368 g/mol. The van der Waals surface area contributed by atoms with Crippen molar-refractivity contribution < 1.29 is 14.3 Å². The highest BCUT2D eigenvalue weighted by atomic mass is 16.5. The van der Waals surface area contributed by atoms with Crippen LogP contribution in [0.25, 0.3) is 0 Å². The number of nitrogens with zero attached hydrogens (tertiary/aromatic N) is 1. The van der Waals surface area contributed by atoms with Crippen molar-refractivity contribution in [2.75, 3.05) is 23.4 Å². The number of carbonyl (C=O) groups is 2. The van der Waals surface area contributed by atoms with Gasteiger partial charge < -0.3 is 15.0 Å². The summed E-state index contributed by atoms with van der Waals surface area (Å²) in [5.74, 6) is 0.314. The number of amides is 2. The Morgan fingerprint density at radius 2 is 1.59 bits per heavy atom. The molecule has 5 heteroatoms. The molecule has 0 aromatic heterocycles. The number of hydrogen-bond donors (Lipinski definition) is 1. The molecule has 2 aromatic rings. The maximum absolute atomic E-state index is 12.4. The summed E-state index contributed by atoms with van der Waals surface area (Å²) in [5, 5.41) is 2.81. The number of carbonyl (C=O) groups excluding carboxylic acids is 2. The molecule has 144 valence electrons. The molecule has 0 heterocycles. The van der Waals surface area contributed by atoms with Crippen LogP contribution in [0.3, 0.4) is 0 Å². The Kier molecular flexibility index (Phi) is 6.61. The molecule has 5 nitrogen and oxygen atoms in total. The molecule has 0 spiro atoms. The van der Waals surface area contributed by atoms with E-state index in [1.807, 2.05) is 31.2 Å².